The standard InChI is InChI=1S/C16H20N4O2/c1-20-8-4-5-11(10-20)15(21)17-9-14-12-6-2-3-7-13(12)16(22)19-18-14/h2-3,6-7,11H,4-5,8-10H2,1H3,(H,17,21)(H,19,22). The average Bonchev–Trinajstić information content (AvgIpc) is 2.54. The molecule has 22 heavy (non-hydrogen) atoms. The van der Waals surface area contributed by atoms with E-state index in [1.807, 2.05) is 25.2 Å². The van der Waals surface area contributed by atoms with Crippen molar-refractivity contribution in [3.8, 4) is 0 Å². The van der Waals surface area contributed by atoms with Crippen LogP contribution in [0.1, 0.15) is 18.5 Å². The molecule has 0 aliphatic carbocycles. The highest BCUT2D eigenvalue weighted by Gasteiger charge is 2.23. The molecular formula is C16H20N4O2. The molecule has 2 aromatic rings. The molecule has 1 saturated heterocycles. The number of amides is 1. The smallest absolute Gasteiger partial charge is 0.272 e. The lowest BCUT2D eigenvalue weighted by Crippen LogP contribution is -2.41. The van der Waals surface area contributed by atoms with Gasteiger partial charge >= 0.3 is 0 Å². The van der Waals surface area contributed by atoms with Crippen LogP contribution in [0.25, 0.3) is 10.8 Å². The lowest BCUT2D eigenvalue weighted by molar-refractivity contribution is -0.126. The highest BCUT2D eigenvalue weighted by molar-refractivity contribution is 5.84. The zero-order valence-corrected chi connectivity index (χ0v) is 12.6. The Morgan fingerprint density at radius 2 is 2.18 bits per heavy atom. The Morgan fingerprint density at radius 3 is 2.95 bits per heavy atom. The van der Waals surface area contributed by atoms with Crippen LogP contribution in [-0.2, 0) is 11.3 Å². The van der Waals surface area contributed by atoms with Gasteiger partial charge in [0, 0.05) is 11.9 Å². The highest BCUT2D eigenvalue weighted by atomic mass is 16.2. The number of fused-ring (bicyclic) bond motifs is 1. The molecule has 1 unspecified atom stereocenters. The van der Waals surface area contributed by atoms with Crippen molar-refractivity contribution in [3.05, 3.63) is 40.3 Å². The van der Waals surface area contributed by atoms with Gasteiger partial charge in [-0.25, -0.2) is 5.10 Å². The normalized spacial score (nSPS) is 19.2. The number of nitrogens with one attached hydrogen (secondary N) is 2. The van der Waals surface area contributed by atoms with Crippen molar-refractivity contribution in [2.24, 2.45) is 5.92 Å². The fraction of sp³-hybridized carbons (Fsp3) is 0.438. The molecule has 0 bridgehead atoms. The molecule has 3 rings (SSSR count). The fourth-order valence-corrected chi connectivity index (χ4v) is 3.00. The van der Waals surface area contributed by atoms with Crippen LogP contribution in [0.15, 0.2) is 29.1 Å². The molecule has 0 spiro atoms. The van der Waals surface area contributed by atoms with E-state index in [2.05, 4.69) is 20.4 Å². The molecule has 6 nitrogen and oxygen atoms in total. The zero-order valence-electron chi connectivity index (χ0n) is 12.6. The molecule has 1 aliphatic rings. The van der Waals surface area contributed by atoms with Gasteiger partial charge in [0.15, 0.2) is 0 Å². The molecule has 1 aromatic heterocycles. The predicted octanol–water partition coefficient (Wildman–Crippen LogP) is 0.881. The number of hydrogen-bond acceptors (Lipinski definition) is 4. The van der Waals surface area contributed by atoms with Gasteiger partial charge in [-0.15, -0.1) is 0 Å². The molecule has 0 radical (unpaired) electrons. The first-order chi connectivity index (χ1) is 10.6. The quantitative estimate of drug-likeness (QED) is 0.882. The number of piperidine rings is 1. The molecule has 1 aromatic carbocycles. The van der Waals surface area contributed by atoms with Gasteiger partial charge in [0.2, 0.25) is 5.91 Å². The van der Waals surface area contributed by atoms with Crippen LogP contribution in [-0.4, -0.2) is 41.1 Å². The van der Waals surface area contributed by atoms with Crippen molar-refractivity contribution >= 4 is 16.7 Å². The molecule has 2 heterocycles. The van der Waals surface area contributed by atoms with Crippen LogP contribution in [0.2, 0.25) is 0 Å². The largest absolute Gasteiger partial charge is 0.350 e. The fourth-order valence-electron chi connectivity index (χ4n) is 3.00. The summed E-state index contributed by atoms with van der Waals surface area (Å²) < 4.78 is 0. The Kier molecular flexibility index (Phi) is 4.20. The second-order valence-electron chi connectivity index (χ2n) is 5.86. The lowest BCUT2D eigenvalue weighted by atomic mass is 9.97. The van der Waals surface area contributed by atoms with E-state index in [1.54, 1.807) is 6.07 Å². The number of carbonyl (C=O) groups excluding carboxylic acids is 1. The van der Waals surface area contributed by atoms with E-state index in [9.17, 15) is 9.59 Å². The number of rotatable bonds is 3. The van der Waals surface area contributed by atoms with Crippen molar-refractivity contribution in [1.82, 2.24) is 20.4 Å². The summed E-state index contributed by atoms with van der Waals surface area (Å²) in [6.07, 6.45) is 1.98. The van der Waals surface area contributed by atoms with Gasteiger partial charge in [-0.2, -0.15) is 5.10 Å². The summed E-state index contributed by atoms with van der Waals surface area (Å²) in [4.78, 5) is 26.2. The first kappa shape index (κ1) is 14.7. The minimum atomic E-state index is -0.209. The van der Waals surface area contributed by atoms with Crippen molar-refractivity contribution in [1.29, 1.82) is 0 Å². The maximum Gasteiger partial charge on any atom is 0.272 e. The SMILES string of the molecule is CN1CCCC(C(=O)NCc2n[nH]c(=O)c3ccccc23)C1. The third-order valence-electron chi connectivity index (χ3n) is 4.20. The van der Waals surface area contributed by atoms with Crippen LogP contribution in [0.5, 0.6) is 0 Å². The van der Waals surface area contributed by atoms with Crippen LogP contribution < -0.4 is 10.9 Å². The molecule has 2 N–H and O–H groups in total. The van der Waals surface area contributed by atoms with Gasteiger partial charge < -0.3 is 10.2 Å². The summed E-state index contributed by atoms with van der Waals surface area (Å²) in [5, 5.41) is 10.9. The number of carbonyl (C=O) groups is 1. The number of aromatic amines is 1. The van der Waals surface area contributed by atoms with Gasteiger partial charge in [-0.05, 0) is 32.5 Å². The van der Waals surface area contributed by atoms with E-state index in [-0.39, 0.29) is 17.4 Å². The first-order valence-corrected chi connectivity index (χ1v) is 7.57. The number of nitrogens with zero attached hydrogens (tertiary/aromatic N) is 2. The van der Waals surface area contributed by atoms with E-state index < -0.39 is 0 Å². The molecule has 6 heteroatoms. The number of hydrogen-bond donors (Lipinski definition) is 2. The van der Waals surface area contributed by atoms with Gasteiger partial charge in [-0.3, -0.25) is 9.59 Å². The van der Waals surface area contributed by atoms with E-state index in [0.717, 1.165) is 31.3 Å². The van der Waals surface area contributed by atoms with Crippen molar-refractivity contribution < 1.29 is 4.79 Å². The predicted molar refractivity (Wildman–Crippen MR) is 84.4 cm³/mol. The van der Waals surface area contributed by atoms with Crippen molar-refractivity contribution in [3.63, 3.8) is 0 Å². The van der Waals surface area contributed by atoms with E-state index in [1.165, 1.54) is 0 Å². The summed E-state index contributed by atoms with van der Waals surface area (Å²) in [6.45, 7) is 2.18. The van der Waals surface area contributed by atoms with Crippen LogP contribution in [0.4, 0.5) is 0 Å². The number of aromatic nitrogens is 2. The Bertz CT molecular complexity index is 740. The summed E-state index contributed by atoms with van der Waals surface area (Å²) in [5.41, 5.74) is 0.479. The van der Waals surface area contributed by atoms with Gasteiger partial charge in [0.1, 0.15) is 0 Å². The summed E-state index contributed by atoms with van der Waals surface area (Å²) in [7, 11) is 2.04. The molecule has 1 amide bonds. The molecule has 1 aliphatic heterocycles. The van der Waals surface area contributed by atoms with Crippen LogP contribution in [0, 0.1) is 5.92 Å². The second-order valence-corrected chi connectivity index (χ2v) is 5.86. The van der Waals surface area contributed by atoms with E-state index in [0.29, 0.717) is 17.6 Å². The van der Waals surface area contributed by atoms with Crippen LogP contribution >= 0.6 is 0 Å². The number of benzene rings is 1. The van der Waals surface area contributed by atoms with Crippen molar-refractivity contribution in [2.45, 2.75) is 19.4 Å². The molecule has 0 saturated carbocycles. The maximum absolute atomic E-state index is 12.3. The minimum Gasteiger partial charge on any atom is -0.350 e. The topological polar surface area (TPSA) is 78.1 Å². The first-order valence-electron chi connectivity index (χ1n) is 7.57. The Labute approximate surface area is 128 Å². The Balaban J connectivity index is 1.73. The third-order valence-corrected chi connectivity index (χ3v) is 4.20. The van der Waals surface area contributed by atoms with Crippen molar-refractivity contribution in [2.75, 3.05) is 20.1 Å². The Hall–Kier alpha value is -2.21. The second kappa shape index (κ2) is 6.27. The third kappa shape index (κ3) is 3.01. The van der Waals surface area contributed by atoms with Gasteiger partial charge in [-0.1, -0.05) is 18.2 Å². The number of H-pyrrole nitrogens is 1. The zero-order chi connectivity index (χ0) is 15.5. The average molecular weight is 300 g/mol. The molecule has 116 valence electrons. The molecular weight excluding hydrogens is 280 g/mol. The highest BCUT2D eigenvalue weighted by Crippen LogP contribution is 2.16. The minimum absolute atomic E-state index is 0.0350. The summed E-state index contributed by atoms with van der Waals surface area (Å²) in [5.74, 6) is 0.0939. The summed E-state index contributed by atoms with van der Waals surface area (Å²) >= 11 is 0. The number of likely N-dealkylation sites (tertiary alicyclic amines) is 1. The lowest BCUT2D eigenvalue weighted by Gasteiger charge is -2.28. The molecule has 1 fully saturated rings. The van der Waals surface area contributed by atoms with Gasteiger partial charge in [0.25, 0.3) is 5.56 Å². The summed E-state index contributed by atoms with van der Waals surface area (Å²) in [6, 6.07) is 7.30. The van der Waals surface area contributed by atoms with Crippen LogP contribution in [0.3, 0.4) is 0 Å². The monoisotopic (exact) mass is 300 g/mol. The van der Waals surface area contributed by atoms with Gasteiger partial charge in [0.05, 0.1) is 23.5 Å². The Morgan fingerprint density at radius 1 is 1.41 bits per heavy atom. The van der Waals surface area contributed by atoms with E-state index in [4.69, 9.17) is 0 Å². The molecule has 1 atom stereocenters. The van der Waals surface area contributed by atoms with E-state index >= 15 is 0 Å². The maximum atomic E-state index is 12.3.